The average molecular weight is 302 g/mol. The van der Waals surface area contributed by atoms with E-state index in [2.05, 4.69) is 4.98 Å². The number of nitrogen functional groups attached to an aromatic ring is 1. The molecule has 1 aromatic carbocycles. The Hall–Kier alpha value is -1.91. The van der Waals surface area contributed by atoms with Crippen LogP contribution in [0.1, 0.15) is 4.88 Å². The van der Waals surface area contributed by atoms with Crippen LogP contribution in [-0.2, 0) is 0 Å². The summed E-state index contributed by atoms with van der Waals surface area (Å²) in [5.74, 6) is 0.499. The highest BCUT2D eigenvalue weighted by Gasteiger charge is 2.13. The molecule has 0 fully saturated rings. The van der Waals surface area contributed by atoms with Gasteiger partial charge in [-0.15, -0.1) is 11.3 Å². The summed E-state index contributed by atoms with van der Waals surface area (Å²) in [6.07, 6.45) is 1.68. The minimum atomic E-state index is 0.499. The molecule has 0 amide bonds. The average Bonchev–Trinajstić information content (AvgIpc) is 2.81. The van der Waals surface area contributed by atoms with Crippen molar-refractivity contribution in [2.24, 2.45) is 0 Å². The molecule has 2 aromatic heterocycles. The van der Waals surface area contributed by atoms with E-state index in [1.807, 2.05) is 43.3 Å². The SMILES string of the molecule is Cc1sc(-c2cccnc2N)nc1-c1cccc(Cl)c1. The number of halogens is 1. The third-order valence-electron chi connectivity index (χ3n) is 2.96. The largest absolute Gasteiger partial charge is 0.383 e. The van der Waals surface area contributed by atoms with Gasteiger partial charge >= 0.3 is 0 Å². The van der Waals surface area contributed by atoms with Gasteiger partial charge in [-0.2, -0.15) is 0 Å². The third-order valence-corrected chi connectivity index (χ3v) is 4.20. The van der Waals surface area contributed by atoms with Crippen molar-refractivity contribution in [1.82, 2.24) is 9.97 Å². The molecule has 0 unspecified atom stereocenters. The summed E-state index contributed by atoms with van der Waals surface area (Å²) in [6.45, 7) is 2.05. The van der Waals surface area contributed by atoms with Crippen LogP contribution in [0.5, 0.6) is 0 Å². The van der Waals surface area contributed by atoms with Crippen molar-refractivity contribution < 1.29 is 0 Å². The van der Waals surface area contributed by atoms with E-state index >= 15 is 0 Å². The van der Waals surface area contributed by atoms with Crippen molar-refractivity contribution in [3.63, 3.8) is 0 Å². The fraction of sp³-hybridized carbons (Fsp3) is 0.0667. The molecule has 0 aliphatic carbocycles. The smallest absolute Gasteiger partial charge is 0.133 e. The second-order valence-electron chi connectivity index (χ2n) is 4.37. The molecule has 3 rings (SSSR count). The van der Waals surface area contributed by atoms with E-state index in [-0.39, 0.29) is 0 Å². The number of thiazole rings is 1. The number of aryl methyl sites for hydroxylation is 1. The summed E-state index contributed by atoms with van der Waals surface area (Å²) in [5, 5.41) is 1.58. The zero-order valence-electron chi connectivity index (χ0n) is 10.8. The molecule has 0 atom stereocenters. The van der Waals surface area contributed by atoms with Crippen molar-refractivity contribution >= 4 is 28.8 Å². The highest BCUT2D eigenvalue weighted by atomic mass is 35.5. The summed E-state index contributed by atoms with van der Waals surface area (Å²) in [6, 6.07) is 11.5. The second kappa shape index (κ2) is 5.23. The monoisotopic (exact) mass is 301 g/mol. The number of nitrogens with two attached hydrogens (primary N) is 1. The summed E-state index contributed by atoms with van der Waals surface area (Å²) in [5.41, 5.74) is 8.73. The van der Waals surface area contributed by atoms with Gasteiger partial charge in [-0.05, 0) is 31.2 Å². The van der Waals surface area contributed by atoms with Crippen molar-refractivity contribution in [2.45, 2.75) is 6.92 Å². The van der Waals surface area contributed by atoms with Crippen LogP contribution in [0.25, 0.3) is 21.8 Å². The maximum absolute atomic E-state index is 6.04. The van der Waals surface area contributed by atoms with Crippen LogP contribution in [0.3, 0.4) is 0 Å². The first-order valence-electron chi connectivity index (χ1n) is 6.09. The number of benzene rings is 1. The maximum Gasteiger partial charge on any atom is 0.133 e. The molecule has 2 N–H and O–H groups in total. The Morgan fingerprint density at radius 3 is 2.80 bits per heavy atom. The van der Waals surface area contributed by atoms with Gasteiger partial charge in [-0.25, -0.2) is 9.97 Å². The number of nitrogens with zero attached hydrogens (tertiary/aromatic N) is 2. The molecule has 0 aliphatic heterocycles. The highest BCUT2D eigenvalue weighted by Crippen LogP contribution is 2.35. The van der Waals surface area contributed by atoms with Crippen LogP contribution in [-0.4, -0.2) is 9.97 Å². The van der Waals surface area contributed by atoms with Gasteiger partial charge in [0.2, 0.25) is 0 Å². The van der Waals surface area contributed by atoms with Gasteiger partial charge in [0, 0.05) is 21.7 Å². The number of rotatable bonds is 2. The molecular weight excluding hydrogens is 290 g/mol. The van der Waals surface area contributed by atoms with Crippen molar-refractivity contribution in [3.8, 4) is 21.8 Å². The molecule has 0 aliphatic rings. The van der Waals surface area contributed by atoms with E-state index in [1.165, 1.54) is 0 Å². The van der Waals surface area contributed by atoms with Crippen LogP contribution in [0, 0.1) is 6.92 Å². The fourth-order valence-corrected chi connectivity index (χ4v) is 3.17. The molecule has 0 saturated carbocycles. The lowest BCUT2D eigenvalue weighted by molar-refractivity contribution is 1.31. The molecule has 5 heteroatoms. The molecule has 0 spiro atoms. The van der Waals surface area contributed by atoms with Crippen molar-refractivity contribution in [1.29, 1.82) is 0 Å². The lowest BCUT2D eigenvalue weighted by atomic mass is 10.1. The molecule has 0 radical (unpaired) electrons. The first kappa shape index (κ1) is 13.1. The quantitative estimate of drug-likeness (QED) is 0.762. The normalized spacial score (nSPS) is 10.7. The molecule has 20 heavy (non-hydrogen) atoms. The number of hydrogen-bond acceptors (Lipinski definition) is 4. The van der Waals surface area contributed by atoms with Gasteiger partial charge in [0.05, 0.1) is 11.3 Å². The summed E-state index contributed by atoms with van der Waals surface area (Å²) in [7, 11) is 0. The minimum Gasteiger partial charge on any atom is -0.383 e. The van der Waals surface area contributed by atoms with Gasteiger partial charge in [0.1, 0.15) is 10.8 Å². The maximum atomic E-state index is 6.04. The van der Waals surface area contributed by atoms with Gasteiger partial charge in [-0.1, -0.05) is 23.7 Å². The number of anilines is 1. The Morgan fingerprint density at radius 2 is 2.05 bits per heavy atom. The Balaban J connectivity index is 2.10. The third kappa shape index (κ3) is 2.40. The summed E-state index contributed by atoms with van der Waals surface area (Å²) >= 11 is 7.65. The van der Waals surface area contributed by atoms with Crippen LogP contribution in [0.4, 0.5) is 5.82 Å². The summed E-state index contributed by atoms with van der Waals surface area (Å²) < 4.78 is 0. The van der Waals surface area contributed by atoms with Gasteiger partial charge in [-0.3, -0.25) is 0 Å². The second-order valence-corrected chi connectivity index (χ2v) is 6.01. The number of pyridine rings is 1. The molecule has 3 nitrogen and oxygen atoms in total. The van der Waals surface area contributed by atoms with E-state index in [0.717, 1.165) is 26.7 Å². The van der Waals surface area contributed by atoms with Gasteiger partial charge < -0.3 is 5.73 Å². The van der Waals surface area contributed by atoms with E-state index in [9.17, 15) is 0 Å². The van der Waals surface area contributed by atoms with Crippen molar-refractivity contribution in [2.75, 3.05) is 5.73 Å². The van der Waals surface area contributed by atoms with Crippen LogP contribution in [0.2, 0.25) is 5.02 Å². The molecule has 2 heterocycles. The van der Waals surface area contributed by atoms with Crippen molar-refractivity contribution in [3.05, 3.63) is 52.5 Å². The fourth-order valence-electron chi connectivity index (χ4n) is 2.01. The molecule has 0 saturated heterocycles. The standard InChI is InChI=1S/C15H12ClN3S/c1-9-13(10-4-2-5-11(16)8-10)19-15(20-9)12-6-3-7-18-14(12)17/h2-8H,1H3,(H2,17,18). The summed E-state index contributed by atoms with van der Waals surface area (Å²) in [4.78, 5) is 9.93. The van der Waals surface area contributed by atoms with Gasteiger partial charge in [0.15, 0.2) is 0 Å². The van der Waals surface area contributed by atoms with Gasteiger partial charge in [0.25, 0.3) is 0 Å². The van der Waals surface area contributed by atoms with E-state index < -0.39 is 0 Å². The molecular formula is C15H12ClN3S. The lowest BCUT2D eigenvalue weighted by Gasteiger charge is -2.00. The number of hydrogen-bond donors (Lipinski definition) is 1. The topological polar surface area (TPSA) is 51.8 Å². The number of aromatic nitrogens is 2. The predicted octanol–water partition coefficient (Wildman–Crippen LogP) is 4.42. The predicted molar refractivity (Wildman–Crippen MR) is 84.9 cm³/mol. The minimum absolute atomic E-state index is 0.499. The Kier molecular flexibility index (Phi) is 3.42. The molecule has 100 valence electrons. The Morgan fingerprint density at radius 1 is 1.20 bits per heavy atom. The molecule has 0 bridgehead atoms. The first-order chi connectivity index (χ1) is 9.65. The van der Waals surface area contributed by atoms with E-state index in [0.29, 0.717) is 10.8 Å². The van der Waals surface area contributed by atoms with E-state index in [1.54, 1.807) is 17.5 Å². The van der Waals surface area contributed by atoms with Crippen LogP contribution >= 0.6 is 22.9 Å². The molecule has 3 aromatic rings. The zero-order valence-corrected chi connectivity index (χ0v) is 12.4. The van der Waals surface area contributed by atoms with E-state index in [4.69, 9.17) is 22.3 Å². The lowest BCUT2D eigenvalue weighted by Crippen LogP contribution is -1.92. The Labute approximate surface area is 126 Å². The van der Waals surface area contributed by atoms with Crippen LogP contribution < -0.4 is 5.73 Å². The highest BCUT2D eigenvalue weighted by molar-refractivity contribution is 7.15. The zero-order chi connectivity index (χ0) is 14.1. The first-order valence-corrected chi connectivity index (χ1v) is 7.29. The Bertz CT molecular complexity index is 767. The van der Waals surface area contributed by atoms with Crippen LogP contribution in [0.15, 0.2) is 42.6 Å².